The molecule has 0 N–H and O–H groups in total. The van der Waals surface area contributed by atoms with Crippen molar-refractivity contribution in [2.45, 2.75) is 38.3 Å². The van der Waals surface area contributed by atoms with Gasteiger partial charge in [0.2, 0.25) is 0 Å². The summed E-state index contributed by atoms with van der Waals surface area (Å²) in [5.41, 5.74) is 3.72. The van der Waals surface area contributed by atoms with E-state index in [1.807, 2.05) is 31.2 Å². The first-order chi connectivity index (χ1) is 12.6. The minimum absolute atomic E-state index is 0.139. The second kappa shape index (κ2) is 7.00. The summed E-state index contributed by atoms with van der Waals surface area (Å²) in [6, 6.07) is 14.2. The maximum Gasteiger partial charge on any atom is 0.272 e. The van der Waals surface area contributed by atoms with Crippen LogP contribution in [0.25, 0.3) is 0 Å². The van der Waals surface area contributed by atoms with Crippen LogP contribution < -0.4 is 0 Å². The molecule has 0 bridgehead atoms. The molecule has 26 heavy (non-hydrogen) atoms. The third kappa shape index (κ3) is 3.27. The van der Waals surface area contributed by atoms with Gasteiger partial charge in [-0.1, -0.05) is 42.0 Å². The van der Waals surface area contributed by atoms with Crippen LogP contribution in [0.15, 0.2) is 53.6 Å². The fourth-order valence-electron chi connectivity index (χ4n) is 3.61. The Morgan fingerprint density at radius 3 is 2.81 bits per heavy atom. The molecule has 5 heteroatoms. The van der Waals surface area contributed by atoms with Crippen molar-refractivity contribution in [1.82, 2.24) is 5.01 Å². The molecule has 2 aliphatic heterocycles. The number of amides is 1. The molecule has 1 saturated heterocycles. The average molecular weight is 352 g/mol. The van der Waals surface area contributed by atoms with Gasteiger partial charge in [-0.2, -0.15) is 5.10 Å². The van der Waals surface area contributed by atoms with Crippen molar-refractivity contribution in [1.29, 1.82) is 0 Å². The van der Waals surface area contributed by atoms with E-state index in [0.717, 1.165) is 28.8 Å². The highest BCUT2D eigenvalue weighted by molar-refractivity contribution is 6.03. The Labute approximate surface area is 152 Å². The predicted octanol–water partition coefficient (Wildman–Crippen LogP) is 3.99. The normalized spacial score (nSPS) is 22.5. The molecule has 0 radical (unpaired) electrons. The molecule has 4 nitrogen and oxygen atoms in total. The average Bonchev–Trinajstić information content (AvgIpc) is 3.31. The Bertz CT molecular complexity index is 859. The van der Waals surface area contributed by atoms with Crippen LogP contribution in [-0.4, -0.2) is 29.3 Å². The maximum absolute atomic E-state index is 13.8. The summed E-state index contributed by atoms with van der Waals surface area (Å²) >= 11 is 0. The van der Waals surface area contributed by atoms with Crippen molar-refractivity contribution in [3.63, 3.8) is 0 Å². The van der Waals surface area contributed by atoms with Gasteiger partial charge in [0, 0.05) is 13.0 Å². The van der Waals surface area contributed by atoms with Crippen LogP contribution >= 0.6 is 0 Å². The van der Waals surface area contributed by atoms with Crippen LogP contribution in [0.4, 0.5) is 4.39 Å². The summed E-state index contributed by atoms with van der Waals surface area (Å²) in [6.07, 6.45) is 1.70. The Hall–Kier alpha value is -2.53. The van der Waals surface area contributed by atoms with Crippen molar-refractivity contribution in [3.05, 3.63) is 71.0 Å². The van der Waals surface area contributed by atoms with Gasteiger partial charge in [-0.15, -0.1) is 0 Å². The fraction of sp³-hybridized carbons (Fsp3) is 0.333. The zero-order valence-electron chi connectivity index (χ0n) is 14.7. The molecule has 2 heterocycles. The lowest BCUT2D eigenvalue weighted by Crippen LogP contribution is -2.35. The Morgan fingerprint density at radius 1 is 1.23 bits per heavy atom. The summed E-state index contributed by atoms with van der Waals surface area (Å²) in [7, 11) is 0. The van der Waals surface area contributed by atoms with Crippen molar-refractivity contribution in [2.75, 3.05) is 6.61 Å². The third-order valence-electron chi connectivity index (χ3n) is 4.93. The SMILES string of the molecule is Cc1cccc(C2=NN(C(=O)[C@@H]3CCCO3)[C@H](c3cccc(F)c3)C2)c1. The number of hydrogen-bond donors (Lipinski definition) is 0. The molecule has 2 atom stereocenters. The predicted molar refractivity (Wildman–Crippen MR) is 97.3 cm³/mol. The van der Waals surface area contributed by atoms with Gasteiger partial charge in [0.15, 0.2) is 0 Å². The van der Waals surface area contributed by atoms with Crippen LogP contribution in [0.1, 0.15) is 42.0 Å². The van der Waals surface area contributed by atoms with Gasteiger partial charge in [0.1, 0.15) is 11.9 Å². The van der Waals surface area contributed by atoms with E-state index in [-0.39, 0.29) is 17.8 Å². The van der Waals surface area contributed by atoms with Gasteiger partial charge in [-0.3, -0.25) is 4.79 Å². The van der Waals surface area contributed by atoms with Gasteiger partial charge >= 0.3 is 0 Å². The number of nitrogens with zero attached hydrogens (tertiary/aromatic N) is 2. The lowest BCUT2D eigenvalue weighted by Gasteiger charge is -2.24. The number of benzene rings is 2. The Balaban J connectivity index is 1.69. The van der Waals surface area contributed by atoms with Crippen LogP contribution in [0.3, 0.4) is 0 Å². The number of carbonyl (C=O) groups is 1. The topological polar surface area (TPSA) is 41.9 Å². The number of hydrogen-bond acceptors (Lipinski definition) is 3. The van der Waals surface area contributed by atoms with Crippen molar-refractivity contribution in [2.24, 2.45) is 5.10 Å². The van der Waals surface area contributed by atoms with Crippen molar-refractivity contribution < 1.29 is 13.9 Å². The van der Waals surface area contributed by atoms with E-state index in [2.05, 4.69) is 11.2 Å². The van der Waals surface area contributed by atoms with Gasteiger partial charge in [-0.05, 0) is 43.0 Å². The number of aryl methyl sites for hydroxylation is 1. The zero-order chi connectivity index (χ0) is 18.1. The summed E-state index contributed by atoms with van der Waals surface area (Å²) in [5.74, 6) is -0.449. The molecule has 0 aliphatic carbocycles. The smallest absolute Gasteiger partial charge is 0.272 e. The van der Waals surface area contributed by atoms with E-state index in [9.17, 15) is 9.18 Å². The molecule has 2 aromatic rings. The van der Waals surface area contributed by atoms with E-state index >= 15 is 0 Å². The number of halogens is 1. The quantitative estimate of drug-likeness (QED) is 0.838. The van der Waals surface area contributed by atoms with E-state index < -0.39 is 6.10 Å². The van der Waals surface area contributed by atoms with E-state index in [4.69, 9.17) is 4.74 Å². The van der Waals surface area contributed by atoms with Crippen LogP contribution in [0.2, 0.25) is 0 Å². The first-order valence-corrected chi connectivity index (χ1v) is 8.96. The second-order valence-electron chi connectivity index (χ2n) is 6.88. The van der Waals surface area contributed by atoms with Crippen molar-refractivity contribution in [3.8, 4) is 0 Å². The van der Waals surface area contributed by atoms with Gasteiger partial charge < -0.3 is 4.74 Å². The maximum atomic E-state index is 13.8. The summed E-state index contributed by atoms with van der Waals surface area (Å²) in [5, 5.41) is 6.13. The number of carbonyl (C=O) groups excluding carboxylic acids is 1. The highest BCUT2D eigenvalue weighted by atomic mass is 19.1. The van der Waals surface area contributed by atoms with Crippen LogP contribution in [-0.2, 0) is 9.53 Å². The van der Waals surface area contributed by atoms with Gasteiger partial charge in [-0.25, -0.2) is 9.40 Å². The fourth-order valence-corrected chi connectivity index (χ4v) is 3.61. The second-order valence-corrected chi connectivity index (χ2v) is 6.88. The molecule has 2 aromatic carbocycles. The molecular formula is C21H21FN2O2. The Kier molecular flexibility index (Phi) is 4.55. The third-order valence-corrected chi connectivity index (χ3v) is 4.93. The van der Waals surface area contributed by atoms with Gasteiger partial charge in [0.25, 0.3) is 5.91 Å². The van der Waals surface area contributed by atoms with E-state index in [1.165, 1.54) is 17.1 Å². The minimum Gasteiger partial charge on any atom is -0.368 e. The highest BCUT2D eigenvalue weighted by Gasteiger charge is 2.38. The largest absolute Gasteiger partial charge is 0.368 e. The van der Waals surface area contributed by atoms with E-state index in [0.29, 0.717) is 19.4 Å². The molecule has 0 saturated carbocycles. The minimum atomic E-state index is -0.452. The summed E-state index contributed by atoms with van der Waals surface area (Å²) < 4.78 is 19.3. The molecule has 0 unspecified atom stereocenters. The monoisotopic (exact) mass is 352 g/mol. The molecule has 1 fully saturated rings. The lowest BCUT2D eigenvalue weighted by molar-refractivity contribution is -0.142. The zero-order valence-corrected chi connectivity index (χ0v) is 14.7. The molecule has 2 aliphatic rings. The highest BCUT2D eigenvalue weighted by Crippen LogP contribution is 2.34. The molecule has 0 aromatic heterocycles. The first kappa shape index (κ1) is 16.9. The molecule has 4 rings (SSSR count). The Morgan fingerprint density at radius 2 is 2.08 bits per heavy atom. The number of ether oxygens (including phenoxy) is 1. The molecule has 0 spiro atoms. The number of hydrazone groups is 1. The van der Waals surface area contributed by atoms with Gasteiger partial charge in [0.05, 0.1) is 11.8 Å². The van der Waals surface area contributed by atoms with Crippen LogP contribution in [0.5, 0.6) is 0 Å². The molecule has 134 valence electrons. The standard InChI is InChI=1S/C21H21FN2O2/c1-14-5-2-6-15(11-14)18-13-19(16-7-3-8-17(22)12-16)24(23-18)21(25)20-9-4-10-26-20/h2-3,5-8,11-12,19-20H,4,9-10,13H2,1H3/t19-,20-/m0/s1. The summed E-state index contributed by atoms with van der Waals surface area (Å²) in [4.78, 5) is 13.0. The molecular weight excluding hydrogens is 331 g/mol. The van der Waals surface area contributed by atoms with E-state index in [1.54, 1.807) is 6.07 Å². The lowest BCUT2D eigenvalue weighted by atomic mass is 9.97. The van der Waals surface area contributed by atoms with Crippen molar-refractivity contribution >= 4 is 11.6 Å². The van der Waals surface area contributed by atoms with Crippen LogP contribution in [0, 0.1) is 12.7 Å². The summed E-state index contributed by atoms with van der Waals surface area (Å²) in [6.45, 7) is 2.63. The number of rotatable bonds is 3. The first-order valence-electron chi connectivity index (χ1n) is 8.96. The molecule has 1 amide bonds.